The number of hydrogen-bond acceptors (Lipinski definition) is 2. The first-order valence-corrected chi connectivity index (χ1v) is 4.89. The van der Waals surface area contributed by atoms with Crippen LogP contribution in [0.4, 0.5) is 0 Å². The van der Waals surface area contributed by atoms with Crippen molar-refractivity contribution >= 4 is 11.6 Å². The van der Waals surface area contributed by atoms with Gasteiger partial charge in [-0.15, -0.1) is 0 Å². The van der Waals surface area contributed by atoms with E-state index in [0.29, 0.717) is 37.2 Å². The fraction of sp³-hybridized carbons (Fsp3) is 0.333. The molecule has 0 N–H and O–H groups in total. The summed E-state index contributed by atoms with van der Waals surface area (Å²) < 4.78 is 0. The molecule has 0 unspecified atom stereocenters. The van der Waals surface area contributed by atoms with Crippen LogP contribution in [0.5, 0.6) is 0 Å². The van der Waals surface area contributed by atoms with E-state index in [2.05, 4.69) is 12.1 Å². The van der Waals surface area contributed by atoms with Gasteiger partial charge in [0.25, 0.3) is 0 Å². The number of carbonyl (C=O) groups excluding carboxylic acids is 2. The second kappa shape index (κ2) is 2.53. The first-order chi connectivity index (χ1) is 6.72. The van der Waals surface area contributed by atoms with E-state index in [9.17, 15) is 9.59 Å². The topological polar surface area (TPSA) is 34.1 Å². The number of benzene rings is 1. The molecule has 2 nitrogen and oxygen atoms in total. The Labute approximate surface area is 81.9 Å². The number of hydrogen-bond donors (Lipinski definition) is 0. The van der Waals surface area contributed by atoms with Gasteiger partial charge in [0.15, 0.2) is 0 Å². The number of carbonyl (C=O) groups is 2. The number of rotatable bonds is 0. The fourth-order valence-electron chi connectivity index (χ4n) is 2.42. The van der Waals surface area contributed by atoms with E-state index in [0.717, 1.165) is 22.3 Å². The molecule has 0 fully saturated rings. The van der Waals surface area contributed by atoms with Crippen molar-refractivity contribution in [3.63, 3.8) is 0 Å². The van der Waals surface area contributed by atoms with E-state index in [-0.39, 0.29) is 0 Å². The van der Waals surface area contributed by atoms with Crippen molar-refractivity contribution in [1.82, 2.24) is 0 Å². The van der Waals surface area contributed by atoms with Gasteiger partial charge in [-0.25, -0.2) is 0 Å². The lowest BCUT2D eigenvalue weighted by Crippen LogP contribution is -1.94. The third-order valence-electron chi connectivity index (χ3n) is 3.07. The molecule has 2 heteroatoms. The van der Waals surface area contributed by atoms with Gasteiger partial charge in [-0.3, -0.25) is 9.59 Å². The van der Waals surface area contributed by atoms with Crippen LogP contribution in [0.25, 0.3) is 0 Å². The molecule has 0 bridgehead atoms. The zero-order valence-electron chi connectivity index (χ0n) is 7.80. The molecule has 0 spiro atoms. The monoisotopic (exact) mass is 186 g/mol. The second-order valence-corrected chi connectivity index (χ2v) is 4.17. The predicted molar refractivity (Wildman–Crippen MR) is 51.3 cm³/mol. The van der Waals surface area contributed by atoms with Gasteiger partial charge in [0.1, 0.15) is 11.6 Å². The summed E-state index contributed by atoms with van der Waals surface area (Å²) in [7, 11) is 0. The Balaban J connectivity index is 2.13. The van der Waals surface area contributed by atoms with Gasteiger partial charge < -0.3 is 0 Å². The summed E-state index contributed by atoms with van der Waals surface area (Å²) in [6.07, 6.45) is 2.27. The SMILES string of the molecule is O=C1Cc2cc3c(cc2C1)CC(=O)C3. The summed E-state index contributed by atoms with van der Waals surface area (Å²) in [4.78, 5) is 22.5. The summed E-state index contributed by atoms with van der Waals surface area (Å²) in [5.74, 6) is 0.602. The van der Waals surface area contributed by atoms with E-state index in [1.807, 2.05) is 0 Å². The van der Waals surface area contributed by atoms with E-state index in [1.54, 1.807) is 0 Å². The average molecular weight is 186 g/mol. The standard InChI is InChI=1S/C12H10O2/c13-11-3-7-1-8-4-12(14)6-10(8)2-9(7)5-11/h1-2H,3-6H2. The van der Waals surface area contributed by atoms with Gasteiger partial charge in [-0.1, -0.05) is 12.1 Å². The van der Waals surface area contributed by atoms with Crippen LogP contribution in [0.2, 0.25) is 0 Å². The normalized spacial score (nSPS) is 18.6. The Hall–Kier alpha value is -1.44. The summed E-state index contributed by atoms with van der Waals surface area (Å²) >= 11 is 0. The highest BCUT2D eigenvalue weighted by Crippen LogP contribution is 2.28. The lowest BCUT2D eigenvalue weighted by atomic mass is 10.0. The summed E-state index contributed by atoms with van der Waals surface area (Å²) in [5, 5.41) is 0. The van der Waals surface area contributed by atoms with Crippen molar-refractivity contribution in [2.24, 2.45) is 0 Å². The first-order valence-electron chi connectivity index (χ1n) is 4.89. The quantitative estimate of drug-likeness (QED) is 0.606. The number of Topliss-reactive ketones (excluding diaryl/α,β-unsaturated/α-hetero) is 2. The lowest BCUT2D eigenvalue weighted by Gasteiger charge is -2.02. The Morgan fingerprint density at radius 2 is 0.929 bits per heavy atom. The molecule has 3 rings (SSSR count). The van der Waals surface area contributed by atoms with Crippen LogP contribution in [0, 0.1) is 0 Å². The Kier molecular flexibility index (Phi) is 1.43. The zero-order valence-corrected chi connectivity index (χ0v) is 7.80. The molecule has 0 aromatic heterocycles. The van der Waals surface area contributed by atoms with Gasteiger partial charge >= 0.3 is 0 Å². The minimum atomic E-state index is 0.301. The summed E-state index contributed by atoms with van der Waals surface area (Å²) in [6.45, 7) is 0. The minimum Gasteiger partial charge on any atom is -0.299 e. The first kappa shape index (κ1) is 7.92. The van der Waals surface area contributed by atoms with Crippen LogP contribution in [0.15, 0.2) is 12.1 Å². The molecule has 0 saturated heterocycles. The van der Waals surface area contributed by atoms with Gasteiger partial charge in [-0.05, 0) is 22.3 Å². The van der Waals surface area contributed by atoms with Crippen LogP contribution in [-0.2, 0) is 35.3 Å². The molecule has 0 aliphatic heterocycles. The van der Waals surface area contributed by atoms with Crippen LogP contribution >= 0.6 is 0 Å². The second-order valence-electron chi connectivity index (χ2n) is 4.17. The molecule has 0 saturated carbocycles. The molecular formula is C12H10O2. The van der Waals surface area contributed by atoms with Gasteiger partial charge in [0.2, 0.25) is 0 Å². The third-order valence-corrected chi connectivity index (χ3v) is 3.07. The maximum absolute atomic E-state index is 11.2. The Morgan fingerprint density at radius 1 is 0.643 bits per heavy atom. The van der Waals surface area contributed by atoms with Crippen LogP contribution in [0.3, 0.4) is 0 Å². The van der Waals surface area contributed by atoms with Crippen molar-refractivity contribution in [3.8, 4) is 0 Å². The zero-order chi connectivity index (χ0) is 9.71. The fourth-order valence-corrected chi connectivity index (χ4v) is 2.42. The van der Waals surface area contributed by atoms with Crippen LogP contribution in [-0.4, -0.2) is 11.6 Å². The molecular weight excluding hydrogens is 176 g/mol. The summed E-state index contributed by atoms with van der Waals surface area (Å²) in [6, 6.07) is 4.11. The Morgan fingerprint density at radius 3 is 1.21 bits per heavy atom. The maximum atomic E-state index is 11.2. The molecule has 2 aliphatic carbocycles. The molecule has 0 heterocycles. The van der Waals surface area contributed by atoms with E-state index in [4.69, 9.17) is 0 Å². The molecule has 1 aromatic carbocycles. The van der Waals surface area contributed by atoms with Crippen molar-refractivity contribution in [3.05, 3.63) is 34.4 Å². The molecule has 70 valence electrons. The highest BCUT2D eigenvalue weighted by Gasteiger charge is 2.24. The molecule has 0 radical (unpaired) electrons. The van der Waals surface area contributed by atoms with E-state index in [1.165, 1.54) is 0 Å². The maximum Gasteiger partial charge on any atom is 0.141 e. The highest BCUT2D eigenvalue weighted by atomic mass is 16.1. The van der Waals surface area contributed by atoms with Crippen molar-refractivity contribution < 1.29 is 9.59 Å². The lowest BCUT2D eigenvalue weighted by molar-refractivity contribution is -0.117. The third kappa shape index (κ3) is 1.03. The van der Waals surface area contributed by atoms with Crippen LogP contribution in [0.1, 0.15) is 22.3 Å². The Bertz CT molecular complexity index is 379. The highest BCUT2D eigenvalue weighted by molar-refractivity contribution is 5.91. The largest absolute Gasteiger partial charge is 0.299 e. The van der Waals surface area contributed by atoms with Crippen LogP contribution < -0.4 is 0 Å². The van der Waals surface area contributed by atoms with Gasteiger partial charge in [0, 0.05) is 25.7 Å². The molecule has 2 aliphatic rings. The average Bonchev–Trinajstić information content (AvgIpc) is 2.59. The molecule has 1 aromatic rings. The van der Waals surface area contributed by atoms with Gasteiger partial charge in [-0.2, -0.15) is 0 Å². The predicted octanol–water partition coefficient (Wildman–Crippen LogP) is 1.02. The molecule has 0 atom stereocenters. The molecule has 14 heavy (non-hydrogen) atoms. The van der Waals surface area contributed by atoms with Crippen molar-refractivity contribution in [2.45, 2.75) is 25.7 Å². The minimum absolute atomic E-state index is 0.301. The smallest absolute Gasteiger partial charge is 0.141 e. The van der Waals surface area contributed by atoms with E-state index < -0.39 is 0 Å². The van der Waals surface area contributed by atoms with Gasteiger partial charge in [0.05, 0.1) is 0 Å². The summed E-state index contributed by atoms with van der Waals surface area (Å²) in [5.41, 5.74) is 4.57. The molecule has 0 amide bonds. The van der Waals surface area contributed by atoms with Crippen molar-refractivity contribution in [1.29, 1.82) is 0 Å². The van der Waals surface area contributed by atoms with E-state index >= 15 is 0 Å². The number of ketones is 2. The number of fused-ring (bicyclic) bond motifs is 2. The van der Waals surface area contributed by atoms with Crippen molar-refractivity contribution in [2.75, 3.05) is 0 Å².